The molecule has 90 valence electrons. The van der Waals surface area contributed by atoms with Crippen LogP contribution >= 0.6 is 0 Å². The van der Waals surface area contributed by atoms with Crippen LogP contribution in [0.3, 0.4) is 0 Å². The molecule has 5 heteroatoms. The zero-order valence-corrected chi connectivity index (χ0v) is 9.74. The van der Waals surface area contributed by atoms with E-state index in [4.69, 9.17) is 0 Å². The maximum absolute atomic E-state index is 11.4. The van der Waals surface area contributed by atoms with Crippen molar-refractivity contribution in [2.45, 2.75) is 27.2 Å². The molecule has 0 aromatic rings. The molecule has 0 radical (unpaired) electrons. The lowest BCUT2D eigenvalue weighted by atomic mass is 10.1. The van der Waals surface area contributed by atoms with Crippen molar-refractivity contribution in [2.75, 3.05) is 13.2 Å². The average molecular weight is 228 g/mol. The van der Waals surface area contributed by atoms with Gasteiger partial charge >= 0.3 is 11.9 Å². The lowest BCUT2D eigenvalue weighted by Crippen LogP contribution is -2.13. The van der Waals surface area contributed by atoms with Crippen molar-refractivity contribution >= 4 is 17.7 Å². The van der Waals surface area contributed by atoms with Crippen molar-refractivity contribution in [1.29, 1.82) is 0 Å². The average Bonchev–Trinajstić information content (AvgIpc) is 2.17. The Balaban J connectivity index is 4.27. The molecule has 0 saturated heterocycles. The molecule has 16 heavy (non-hydrogen) atoms. The monoisotopic (exact) mass is 228 g/mol. The Kier molecular flexibility index (Phi) is 6.83. The molecule has 0 aliphatic rings. The lowest BCUT2D eigenvalue weighted by molar-refractivity contribution is -0.145. The van der Waals surface area contributed by atoms with E-state index in [1.54, 1.807) is 13.8 Å². The normalized spacial score (nSPS) is 10.8. The molecule has 5 nitrogen and oxygen atoms in total. The van der Waals surface area contributed by atoms with Crippen molar-refractivity contribution in [3.05, 3.63) is 11.6 Å². The predicted octanol–water partition coefficient (Wildman–Crippen LogP) is 1.02. The van der Waals surface area contributed by atoms with Gasteiger partial charge in [-0.25, -0.2) is 4.79 Å². The molecule has 0 unspecified atom stereocenters. The van der Waals surface area contributed by atoms with Gasteiger partial charge in [-0.15, -0.1) is 0 Å². The fourth-order valence-electron chi connectivity index (χ4n) is 0.924. The summed E-state index contributed by atoms with van der Waals surface area (Å²) in [6.07, 6.45) is 0.723. The van der Waals surface area contributed by atoms with E-state index >= 15 is 0 Å². The van der Waals surface area contributed by atoms with Crippen molar-refractivity contribution < 1.29 is 23.9 Å². The summed E-state index contributed by atoms with van der Waals surface area (Å²) in [5, 5.41) is 0. The summed E-state index contributed by atoms with van der Waals surface area (Å²) >= 11 is 0. The molecule has 0 N–H and O–H groups in total. The second-order valence-corrected chi connectivity index (χ2v) is 2.98. The minimum atomic E-state index is -0.593. The van der Waals surface area contributed by atoms with Crippen LogP contribution in [0.25, 0.3) is 0 Å². The number of Topliss-reactive ketones (excluding diaryl/α,β-unsaturated/α-hetero) is 1. The van der Waals surface area contributed by atoms with Gasteiger partial charge < -0.3 is 9.47 Å². The fourth-order valence-corrected chi connectivity index (χ4v) is 0.924. The van der Waals surface area contributed by atoms with E-state index in [0.29, 0.717) is 0 Å². The van der Waals surface area contributed by atoms with E-state index in [1.165, 1.54) is 6.92 Å². The third-order valence-electron chi connectivity index (χ3n) is 1.67. The summed E-state index contributed by atoms with van der Waals surface area (Å²) in [7, 11) is 0. The van der Waals surface area contributed by atoms with Gasteiger partial charge in [-0.2, -0.15) is 0 Å². The second-order valence-electron chi connectivity index (χ2n) is 2.98. The molecule has 0 aromatic heterocycles. The number of ketones is 1. The van der Waals surface area contributed by atoms with Gasteiger partial charge in [-0.1, -0.05) is 0 Å². The number of rotatable bonds is 6. The second kappa shape index (κ2) is 7.62. The predicted molar refractivity (Wildman–Crippen MR) is 56.6 cm³/mol. The molecule has 0 heterocycles. The molecule has 0 bridgehead atoms. The third-order valence-corrected chi connectivity index (χ3v) is 1.67. The van der Waals surface area contributed by atoms with Gasteiger partial charge in [0, 0.05) is 6.08 Å². The fraction of sp³-hybridized carbons (Fsp3) is 0.545. The SMILES string of the molecule is CCOC(=O)C=C(C)C(=O)CC(=O)OCC. The smallest absolute Gasteiger partial charge is 0.331 e. The Morgan fingerprint density at radius 3 is 2.12 bits per heavy atom. The van der Waals surface area contributed by atoms with Gasteiger partial charge in [-0.3, -0.25) is 9.59 Å². The van der Waals surface area contributed by atoms with E-state index in [2.05, 4.69) is 9.47 Å². The van der Waals surface area contributed by atoms with Gasteiger partial charge in [0.25, 0.3) is 0 Å². The van der Waals surface area contributed by atoms with E-state index in [1.807, 2.05) is 0 Å². The zero-order valence-electron chi connectivity index (χ0n) is 9.74. The maximum atomic E-state index is 11.4. The topological polar surface area (TPSA) is 69.7 Å². The lowest BCUT2D eigenvalue weighted by Gasteiger charge is -2.01. The summed E-state index contributed by atoms with van der Waals surface area (Å²) in [6, 6.07) is 0. The van der Waals surface area contributed by atoms with Crippen LogP contribution in [0.5, 0.6) is 0 Å². The minimum Gasteiger partial charge on any atom is -0.466 e. The minimum absolute atomic E-state index is 0.187. The Hall–Kier alpha value is -1.65. The summed E-state index contributed by atoms with van der Waals surface area (Å²) in [5.41, 5.74) is 0.187. The highest BCUT2D eigenvalue weighted by atomic mass is 16.5. The Morgan fingerprint density at radius 2 is 1.62 bits per heavy atom. The zero-order chi connectivity index (χ0) is 12.6. The molecule has 0 saturated carbocycles. The summed E-state index contributed by atoms with van der Waals surface area (Å²) in [5.74, 6) is -1.62. The molecule has 0 rings (SSSR count). The third kappa shape index (κ3) is 5.95. The Morgan fingerprint density at radius 1 is 1.06 bits per heavy atom. The standard InChI is InChI=1S/C11H16O5/c1-4-15-10(13)6-8(3)9(12)7-11(14)16-5-2/h6H,4-5,7H2,1-3H3. The molecule has 0 fully saturated rings. The van der Waals surface area contributed by atoms with E-state index in [9.17, 15) is 14.4 Å². The molecule has 0 aliphatic heterocycles. The van der Waals surface area contributed by atoms with E-state index in [-0.39, 0.29) is 25.2 Å². The van der Waals surface area contributed by atoms with Crippen LogP contribution in [0.1, 0.15) is 27.2 Å². The molecular formula is C11H16O5. The first-order chi connectivity index (χ1) is 7.51. The summed E-state index contributed by atoms with van der Waals surface area (Å²) < 4.78 is 9.24. The number of ether oxygens (including phenoxy) is 2. The van der Waals surface area contributed by atoms with Crippen LogP contribution in [0, 0.1) is 0 Å². The van der Waals surface area contributed by atoms with Crippen LogP contribution in [-0.2, 0) is 23.9 Å². The number of carbonyl (C=O) groups excluding carboxylic acids is 3. The van der Waals surface area contributed by atoms with E-state index < -0.39 is 17.7 Å². The highest BCUT2D eigenvalue weighted by molar-refractivity contribution is 6.07. The first-order valence-corrected chi connectivity index (χ1v) is 5.05. The largest absolute Gasteiger partial charge is 0.466 e. The van der Waals surface area contributed by atoms with Crippen LogP contribution < -0.4 is 0 Å². The van der Waals surface area contributed by atoms with E-state index in [0.717, 1.165) is 6.08 Å². The van der Waals surface area contributed by atoms with Gasteiger partial charge in [0.05, 0.1) is 13.2 Å². The molecule has 0 amide bonds. The highest BCUT2D eigenvalue weighted by Crippen LogP contribution is 2.01. The van der Waals surface area contributed by atoms with Crippen LogP contribution in [0.15, 0.2) is 11.6 Å². The quantitative estimate of drug-likeness (QED) is 0.385. The number of hydrogen-bond donors (Lipinski definition) is 0. The highest BCUT2D eigenvalue weighted by Gasteiger charge is 2.13. The number of allylic oxidation sites excluding steroid dienone is 1. The van der Waals surface area contributed by atoms with Crippen molar-refractivity contribution in [2.24, 2.45) is 0 Å². The Bertz CT molecular complexity index is 303. The summed E-state index contributed by atoms with van der Waals surface area (Å²) in [4.78, 5) is 33.4. The Labute approximate surface area is 94.4 Å². The molecule has 0 aromatic carbocycles. The molecule has 0 atom stereocenters. The van der Waals surface area contributed by atoms with Crippen molar-refractivity contribution in [3.8, 4) is 0 Å². The van der Waals surface area contributed by atoms with Crippen LogP contribution in [0.2, 0.25) is 0 Å². The van der Waals surface area contributed by atoms with Crippen molar-refractivity contribution in [1.82, 2.24) is 0 Å². The van der Waals surface area contributed by atoms with Crippen LogP contribution in [0.4, 0.5) is 0 Å². The maximum Gasteiger partial charge on any atom is 0.331 e. The van der Waals surface area contributed by atoms with Gasteiger partial charge in [0.15, 0.2) is 5.78 Å². The van der Waals surface area contributed by atoms with Gasteiger partial charge in [-0.05, 0) is 26.3 Å². The van der Waals surface area contributed by atoms with Gasteiger partial charge in [0.1, 0.15) is 6.42 Å². The number of hydrogen-bond acceptors (Lipinski definition) is 5. The van der Waals surface area contributed by atoms with Crippen molar-refractivity contribution in [3.63, 3.8) is 0 Å². The van der Waals surface area contributed by atoms with Crippen LogP contribution in [-0.4, -0.2) is 30.9 Å². The molecule has 0 aliphatic carbocycles. The molecular weight excluding hydrogens is 212 g/mol. The van der Waals surface area contributed by atoms with Gasteiger partial charge in [0.2, 0.25) is 0 Å². The first kappa shape index (κ1) is 14.3. The molecule has 0 spiro atoms. The first-order valence-electron chi connectivity index (χ1n) is 5.05. The summed E-state index contributed by atoms with van der Waals surface area (Å²) in [6.45, 7) is 5.26. The number of esters is 2. The number of carbonyl (C=O) groups is 3.